The van der Waals surface area contributed by atoms with E-state index in [4.69, 9.17) is 5.73 Å². The second-order valence-electron chi connectivity index (χ2n) is 4.30. The van der Waals surface area contributed by atoms with Gasteiger partial charge in [-0.1, -0.05) is 0 Å². The molecule has 0 amide bonds. The molecule has 0 saturated heterocycles. The maximum Gasteiger partial charge on any atom is 0.199 e. The largest absolute Gasteiger partial charge is 0.368 e. The van der Waals surface area contributed by atoms with Crippen LogP contribution in [0, 0.1) is 5.41 Å². The van der Waals surface area contributed by atoms with Gasteiger partial charge in [-0.3, -0.25) is 4.98 Å². The van der Waals surface area contributed by atoms with Crippen molar-refractivity contribution < 1.29 is 0 Å². The molecular formula is C9H13N7. The number of anilines is 1. The third-order valence-electron chi connectivity index (χ3n) is 3.14. The van der Waals surface area contributed by atoms with Crippen molar-refractivity contribution in [3.63, 3.8) is 0 Å². The summed E-state index contributed by atoms with van der Waals surface area (Å²) in [7, 11) is 0. The summed E-state index contributed by atoms with van der Waals surface area (Å²) in [6.45, 7) is 1.57. The molecule has 2 aromatic rings. The van der Waals surface area contributed by atoms with Gasteiger partial charge in [-0.05, 0) is 35.2 Å². The predicted molar refractivity (Wildman–Crippen MR) is 57.8 cm³/mol. The summed E-state index contributed by atoms with van der Waals surface area (Å²) in [5, 5.41) is 14.6. The normalized spacial score (nSPS) is 17.6. The quantitative estimate of drug-likeness (QED) is 0.731. The molecule has 0 spiro atoms. The van der Waals surface area contributed by atoms with Crippen LogP contribution in [0.4, 0.5) is 5.82 Å². The standard InChI is InChI=1S/C9H13N7/c10-5-9(1-2-9)6-12-7-3-11-4-8-13-14-15-16(7)8/h3-4,12H,1-2,5-6,10H2. The lowest BCUT2D eigenvalue weighted by atomic mass is 10.1. The number of hydrogen-bond acceptors (Lipinski definition) is 6. The van der Waals surface area contributed by atoms with Crippen molar-refractivity contribution in [2.75, 3.05) is 18.4 Å². The smallest absolute Gasteiger partial charge is 0.199 e. The molecule has 2 heterocycles. The zero-order chi connectivity index (χ0) is 11.0. The number of rotatable bonds is 4. The summed E-state index contributed by atoms with van der Waals surface area (Å²) in [4.78, 5) is 4.07. The van der Waals surface area contributed by atoms with Crippen LogP contribution in [0.2, 0.25) is 0 Å². The molecule has 1 fully saturated rings. The monoisotopic (exact) mass is 219 g/mol. The Labute approximate surface area is 92.0 Å². The van der Waals surface area contributed by atoms with E-state index >= 15 is 0 Å². The highest BCUT2D eigenvalue weighted by Crippen LogP contribution is 2.44. The van der Waals surface area contributed by atoms with Crippen molar-refractivity contribution in [2.24, 2.45) is 11.1 Å². The lowest BCUT2D eigenvalue weighted by Gasteiger charge is -2.13. The van der Waals surface area contributed by atoms with Gasteiger partial charge in [0, 0.05) is 6.54 Å². The zero-order valence-corrected chi connectivity index (χ0v) is 8.80. The van der Waals surface area contributed by atoms with Gasteiger partial charge in [-0.25, -0.2) is 0 Å². The first kappa shape index (κ1) is 9.46. The first-order valence-corrected chi connectivity index (χ1v) is 5.29. The van der Waals surface area contributed by atoms with Crippen LogP contribution < -0.4 is 11.1 Å². The fourth-order valence-corrected chi connectivity index (χ4v) is 1.70. The number of tetrazole rings is 1. The minimum absolute atomic E-state index is 0.274. The lowest BCUT2D eigenvalue weighted by molar-refractivity contribution is 0.553. The third kappa shape index (κ3) is 1.49. The van der Waals surface area contributed by atoms with Crippen molar-refractivity contribution >= 4 is 11.5 Å². The maximum absolute atomic E-state index is 5.72. The van der Waals surface area contributed by atoms with E-state index in [1.54, 1.807) is 16.9 Å². The van der Waals surface area contributed by atoms with Gasteiger partial charge in [0.1, 0.15) is 5.82 Å². The highest BCUT2D eigenvalue weighted by Gasteiger charge is 2.40. The SMILES string of the molecule is NCC1(CNc2cncc3nnnn23)CC1. The summed E-state index contributed by atoms with van der Waals surface area (Å²) in [6.07, 6.45) is 5.72. The first-order chi connectivity index (χ1) is 7.83. The maximum atomic E-state index is 5.72. The van der Waals surface area contributed by atoms with Crippen molar-refractivity contribution in [1.82, 2.24) is 25.0 Å². The highest BCUT2D eigenvalue weighted by molar-refractivity contribution is 5.43. The Balaban J connectivity index is 1.81. The van der Waals surface area contributed by atoms with Gasteiger partial charge in [0.05, 0.1) is 12.4 Å². The Kier molecular flexibility index (Phi) is 2.00. The molecule has 7 nitrogen and oxygen atoms in total. The van der Waals surface area contributed by atoms with Crippen molar-refractivity contribution in [3.05, 3.63) is 12.4 Å². The van der Waals surface area contributed by atoms with Gasteiger partial charge in [-0.2, -0.15) is 4.52 Å². The Morgan fingerprint density at radius 3 is 3.06 bits per heavy atom. The molecule has 0 atom stereocenters. The molecule has 3 N–H and O–H groups in total. The van der Waals surface area contributed by atoms with E-state index in [1.165, 1.54) is 12.8 Å². The second kappa shape index (κ2) is 3.38. The predicted octanol–water partition coefficient (Wildman–Crippen LogP) is -0.330. The molecule has 0 bridgehead atoms. The van der Waals surface area contributed by atoms with E-state index in [2.05, 4.69) is 25.8 Å². The molecule has 84 valence electrons. The van der Waals surface area contributed by atoms with Crippen LogP contribution in [-0.4, -0.2) is 38.1 Å². The van der Waals surface area contributed by atoms with Crippen LogP contribution in [0.5, 0.6) is 0 Å². The summed E-state index contributed by atoms with van der Waals surface area (Å²) >= 11 is 0. The molecule has 16 heavy (non-hydrogen) atoms. The Hall–Kier alpha value is -1.76. The number of aromatic nitrogens is 5. The number of hydrogen-bond donors (Lipinski definition) is 2. The van der Waals surface area contributed by atoms with Crippen molar-refractivity contribution in [2.45, 2.75) is 12.8 Å². The average molecular weight is 219 g/mol. The van der Waals surface area contributed by atoms with E-state index in [0.29, 0.717) is 5.65 Å². The van der Waals surface area contributed by atoms with Crippen LogP contribution in [-0.2, 0) is 0 Å². The molecule has 2 aromatic heterocycles. The minimum atomic E-state index is 0.274. The molecule has 0 unspecified atom stereocenters. The van der Waals surface area contributed by atoms with E-state index in [1.807, 2.05) is 0 Å². The summed E-state index contributed by atoms with van der Waals surface area (Å²) in [6, 6.07) is 0. The Morgan fingerprint density at radius 2 is 2.31 bits per heavy atom. The first-order valence-electron chi connectivity index (χ1n) is 5.29. The number of nitrogens with one attached hydrogen (secondary N) is 1. The summed E-state index contributed by atoms with van der Waals surface area (Å²) < 4.78 is 1.64. The number of nitrogens with two attached hydrogens (primary N) is 1. The molecule has 7 heteroatoms. The topological polar surface area (TPSA) is 94.0 Å². The highest BCUT2D eigenvalue weighted by atomic mass is 15.5. The molecule has 0 aliphatic heterocycles. The van der Waals surface area contributed by atoms with Crippen LogP contribution in [0.3, 0.4) is 0 Å². The van der Waals surface area contributed by atoms with E-state index < -0.39 is 0 Å². The third-order valence-corrected chi connectivity index (χ3v) is 3.14. The van der Waals surface area contributed by atoms with Crippen molar-refractivity contribution in [3.8, 4) is 0 Å². The molecule has 3 rings (SSSR count). The molecule has 1 aliphatic carbocycles. The lowest BCUT2D eigenvalue weighted by Crippen LogP contribution is -2.25. The van der Waals surface area contributed by atoms with Gasteiger partial charge in [0.2, 0.25) is 0 Å². The molecule has 1 aliphatic rings. The van der Waals surface area contributed by atoms with Crippen LogP contribution in [0.1, 0.15) is 12.8 Å². The fourth-order valence-electron chi connectivity index (χ4n) is 1.70. The Morgan fingerprint density at radius 1 is 1.44 bits per heavy atom. The number of nitrogens with zero attached hydrogens (tertiary/aromatic N) is 5. The van der Waals surface area contributed by atoms with Crippen LogP contribution in [0.25, 0.3) is 5.65 Å². The van der Waals surface area contributed by atoms with E-state index in [9.17, 15) is 0 Å². The summed E-state index contributed by atoms with van der Waals surface area (Å²) in [5.74, 6) is 0.808. The molecule has 1 saturated carbocycles. The average Bonchev–Trinajstić information content (AvgIpc) is 2.94. The van der Waals surface area contributed by atoms with E-state index in [-0.39, 0.29) is 5.41 Å². The minimum Gasteiger partial charge on any atom is -0.368 e. The molecular weight excluding hydrogens is 206 g/mol. The van der Waals surface area contributed by atoms with Crippen LogP contribution >= 0.6 is 0 Å². The second-order valence-corrected chi connectivity index (χ2v) is 4.30. The van der Waals surface area contributed by atoms with Gasteiger partial charge in [-0.15, -0.1) is 5.10 Å². The van der Waals surface area contributed by atoms with Gasteiger partial charge in [0.15, 0.2) is 5.65 Å². The van der Waals surface area contributed by atoms with E-state index in [0.717, 1.165) is 18.9 Å². The van der Waals surface area contributed by atoms with Crippen LogP contribution in [0.15, 0.2) is 12.4 Å². The molecule has 0 radical (unpaired) electrons. The summed E-state index contributed by atoms with van der Waals surface area (Å²) in [5.41, 5.74) is 6.64. The fraction of sp³-hybridized carbons (Fsp3) is 0.556. The zero-order valence-electron chi connectivity index (χ0n) is 8.80. The Bertz CT molecular complexity index is 501. The van der Waals surface area contributed by atoms with Gasteiger partial charge < -0.3 is 11.1 Å². The van der Waals surface area contributed by atoms with Gasteiger partial charge in [0.25, 0.3) is 0 Å². The van der Waals surface area contributed by atoms with Crippen molar-refractivity contribution in [1.29, 1.82) is 0 Å². The molecule has 0 aromatic carbocycles. The van der Waals surface area contributed by atoms with Gasteiger partial charge >= 0.3 is 0 Å². The number of fused-ring (bicyclic) bond motifs is 1.